The van der Waals surface area contributed by atoms with Gasteiger partial charge in [0.1, 0.15) is 5.78 Å². The van der Waals surface area contributed by atoms with E-state index in [0.717, 1.165) is 29.9 Å². The number of Topliss-reactive ketones (excluding diaryl/α,β-unsaturated/α-hetero) is 1. The summed E-state index contributed by atoms with van der Waals surface area (Å²) in [5.41, 5.74) is 0.118. The minimum Gasteiger partial charge on any atom is -0.481 e. The number of carbonyl (C=O) groups is 2. The van der Waals surface area contributed by atoms with E-state index in [0.29, 0.717) is 6.42 Å². The van der Waals surface area contributed by atoms with Crippen molar-refractivity contribution in [1.82, 2.24) is 0 Å². The number of aliphatic carboxylic acids is 1. The molecule has 3 N–H and O–H groups in total. The fourth-order valence-electron chi connectivity index (χ4n) is 4.03. The first-order chi connectivity index (χ1) is 15.7. The third-order valence-corrected chi connectivity index (χ3v) is 8.38. The molecule has 178 valence electrons. The highest BCUT2D eigenvalue weighted by Gasteiger charge is 2.40. The van der Waals surface area contributed by atoms with Gasteiger partial charge in [-0.2, -0.15) is 11.8 Å². The summed E-state index contributed by atoms with van der Waals surface area (Å²) in [6.07, 6.45) is 5.02. The molecule has 3 rings (SSSR count). The molecule has 1 aliphatic carbocycles. The molecule has 7 heteroatoms. The van der Waals surface area contributed by atoms with Crippen molar-refractivity contribution in [3.8, 4) is 0 Å². The maximum atomic E-state index is 12.4. The Morgan fingerprint density at radius 3 is 2.70 bits per heavy atom. The zero-order valence-corrected chi connectivity index (χ0v) is 20.5. The number of fused-ring (bicyclic) bond motifs is 1. The van der Waals surface area contributed by atoms with E-state index >= 15 is 0 Å². The smallest absolute Gasteiger partial charge is 0.313 e. The van der Waals surface area contributed by atoms with Gasteiger partial charge in [-0.05, 0) is 54.0 Å². The molecule has 1 unspecified atom stereocenters. The fraction of sp³-hybridized carbons (Fsp3) is 0.462. The van der Waals surface area contributed by atoms with Crippen LogP contribution in [0, 0.1) is 5.92 Å². The number of aliphatic hydroxyl groups is 2. The lowest BCUT2D eigenvalue weighted by Gasteiger charge is -2.22. The van der Waals surface area contributed by atoms with E-state index in [4.69, 9.17) is 5.11 Å². The molecule has 4 atom stereocenters. The zero-order chi connectivity index (χ0) is 23.8. The van der Waals surface area contributed by atoms with Crippen molar-refractivity contribution < 1.29 is 24.9 Å². The second-order valence-electron chi connectivity index (χ2n) is 8.80. The Hall–Kier alpha value is -1.80. The number of carbonyl (C=O) groups excluding carboxylic acids is 1. The third kappa shape index (κ3) is 7.88. The molecule has 5 nitrogen and oxygen atoms in total. The van der Waals surface area contributed by atoms with Crippen LogP contribution in [0.2, 0.25) is 0 Å². The van der Waals surface area contributed by atoms with Crippen molar-refractivity contribution >= 4 is 46.0 Å². The third-order valence-electron chi connectivity index (χ3n) is 5.89. The normalized spacial score (nSPS) is 22.8. The molecular formula is C26H32O5S2. The number of ketones is 1. The Balaban J connectivity index is 1.53. The highest BCUT2D eigenvalue weighted by Crippen LogP contribution is 2.35. The molecule has 1 saturated carbocycles. The van der Waals surface area contributed by atoms with Gasteiger partial charge in [-0.3, -0.25) is 9.59 Å². The van der Waals surface area contributed by atoms with Crippen molar-refractivity contribution in [3.05, 3.63) is 60.2 Å². The molecule has 2 aromatic carbocycles. The topological polar surface area (TPSA) is 94.8 Å². The van der Waals surface area contributed by atoms with Crippen LogP contribution < -0.4 is 0 Å². The number of hydrogen-bond acceptors (Lipinski definition) is 6. The monoisotopic (exact) mass is 488 g/mol. The van der Waals surface area contributed by atoms with Crippen molar-refractivity contribution in [2.45, 2.75) is 49.6 Å². The number of thioether (sulfide) groups is 2. The molecule has 0 radical (unpaired) electrons. The molecule has 0 amide bonds. The van der Waals surface area contributed by atoms with Crippen LogP contribution in [-0.2, 0) is 16.0 Å². The molecule has 0 aliphatic heterocycles. The molecular weight excluding hydrogens is 456 g/mol. The zero-order valence-electron chi connectivity index (χ0n) is 18.9. The molecule has 0 saturated heterocycles. The molecule has 2 aromatic rings. The first-order valence-electron chi connectivity index (χ1n) is 11.3. The molecule has 0 heterocycles. The number of carboxylic acids is 1. The van der Waals surface area contributed by atoms with E-state index in [1.807, 2.05) is 18.2 Å². The van der Waals surface area contributed by atoms with Gasteiger partial charge in [-0.1, -0.05) is 54.6 Å². The van der Waals surface area contributed by atoms with Gasteiger partial charge >= 0.3 is 5.97 Å². The van der Waals surface area contributed by atoms with Gasteiger partial charge in [0.15, 0.2) is 0 Å². The molecule has 0 aromatic heterocycles. The number of rotatable bonds is 12. The number of benzene rings is 2. The highest BCUT2D eigenvalue weighted by atomic mass is 32.2. The summed E-state index contributed by atoms with van der Waals surface area (Å²) >= 11 is 2.89. The second-order valence-corrected chi connectivity index (χ2v) is 11.2. The van der Waals surface area contributed by atoms with E-state index in [9.17, 15) is 19.8 Å². The van der Waals surface area contributed by atoms with Gasteiger partial charge in [0.25, 0.3) is 0 Å². The van der Waals surface area contributed by atoms with E-state index in [1.165, 1.54) is 34.3 Å². The fourth-order valence-corrected chi connectivity index (χ4v) is 6.22. The molecule has 33 heavy (non-hydrogen) atoms. The van der Waals surface area contributed by atoms with Crippen LogP contribution in [0.15, 0.2) is 54.6 Å². The molecule has 0 bridgehead atoms. The van der Waals surface area contributed by atoms with Crippen molar-refractivity contribution in [2.24, 2.45) is 5.92 Å². The quantitative estimate of drug-likeness (QED) is 0.302. The van der Waals surface area contributed by atoms with Gasteiger partial charge in [0, 0.05) is 12.3 Å². The number of aliphatic hydroxyl groups excluding tert-OH is 1. The van der Waals surface area contributed by atoms with Crippen LogP contribution in [0.5, 0.6) is 0 Å². The Bertz CT molecular complexity index is 988. The summed E-state index contributed by atoms with van der Waals surface area (Å²) in [5.74, 6) is 0.452. The van der Waals surface area contributed by atoms with Crippen LogP contribution in [0.4, 0.5) is 0 Å². The highest BCUT2D eigenvalue weighted by molar-refractivity contribution is 8.01. The number of hydrogen-bond donors (Lipinski definition) is 3. The first kappa shape index (κ1) is 25.8. The largest absolute Gasteiger partial charge is 0.481 e. The van der Waals surface area contributed by atoms with Gasteiger partial charge in [0.2, 0.25) is 0 Å². The summed E-state index contributed by atoms with van der Waals surface area (Å²) in [6, 6.07) is 14.5. The van der Waals surface area contributed by atoms with Gasteiger partial charge < -0.3 is 15.3 Å². The predicted octanol–water partition coefficient (Wildman–Crippen LogP) is 4.34. The second kappa shape index (κ2) is 12.1. The van der Waals surface area contributed by atoms with E-state index in [-0.39, 0.29) is 29.1 Å². The summed E-state index contributed by atoms with van der Waals surface area (Å²) in [5, 5.41) is 32.0. The lowest BCUT2D eigenvalue weighted by molar-refractivity contribution is -0.133. The van der Waals surface area contributed by atoms with Gasteiger partial charge in [-0.15, -0.1) is 11.8 Å². The van der Waals surface area contributed by atoms with E-state index in [2.05, 4.69) is 30.3 Å². The van der Waals surface area contributed by atoms with Crippen LogP contribution in [-0.4, -0.2) is 61.3 Å². The lowest BCUT2D eigenvalue weighted by atomic mass is 9.93. The number of aryl methyl sites for hydroxylation is 1. The molecule has 1 fully saturated rings. The van der Waals surface area contributed by atoms with E-state index in [1.54, 1.807) is 13.0 Å². The van der Waals surface area contributed by atoms with Crippen LogP contribution >= 0.6 is 23.5 Å². The summed E-state index contributed by atoms with van der Waals surface area (Å²) in [6.45, 7) is 1.76. The Morgan fingerprint density at radius 1 is 1.18 bits per heavy atom. The standard InChI is InChI=1S/C26H32O5S2/c1-26(31,11-9-18-7-8-19-5-2-3-6-20(19)15-18)12-10-21-22(27)16-23(28)25(21)33-14-4-13-32-17-24(29)30/h2-3,5-8,10,12,15,21-22,25,27,31H,4,9,11,13-14,16-17H2,1H3,(H,29,30)/b12-10+/t21-,22+,25+,26?/m0/s1. The van der Waals surface area contributed by atoms with Gasteiger partial charge in [0.05, 0.1) is 22.7 Å². The minimum absolute atomic E-state index is 0.0381. The van der Waals surface area contributed by atoms with Crippen LogP contribution in [0.1, 0.15) is 31.7 Å². The van der Waals surface area contributed by atoms with Crippen LogP contribution in [0.25, 0.3) is 10.8 Å². The minimum atomic E-state index is -1.04. The van der Waals surface area contributed by atoms with Crippen molar-refractivity contribution in [2.75, 3.05) is 17.3 Å². The van der Waals surface area contributed by atoms with Crippen LogP contribution in [0.3, 0.4) is 0 Å². The van der Waals surface area contributed by atoms with Crippen molar-refractivity contribution in [1.29, 1.82) is 0 Å². The van der Waals surface area contributed by atoms with Gasteiger partial charge in [-0.25, -0.2) is 0 Å². The predicted molar refractivity (Wildman–Crippen MR) is 137 cm³/mol. The Labute approximate surface area is 203 Å². The lowest BCUT2D eigenvalue weighted by Crippen LogP contribution is -2.25. The Kier molecular flexibility index (Phi) is 9.44. The maximum absolute atomic E-state index is 12.4. The Morgan fingerprint density at radius 2 is 1.94 bits per heavy atom. The number of carboxylic acid groups (broad SMARTS) is 1. The molecule has 1 aliphatic rings. The van der Waals surface area contributed by atoms with E-state index < -0.39 is 17.7 Å². The average molecular weight is 489 g/mol. The molecule has 0 spiro atoms. The summed E-state index contributed by atoms with van der Waals surface area (Å²) in [7, 11) is 0. The summed E-state index contributed by atoms with van der Waals surface area (Å²) in [4.78, 5) is 23.0. The summed E-state index contributed by atoms with van der Waals surface area (Å²) < 4.78 is 0. The maximum Gasteiger partial charge on any atom is 0.313 e. The first-order valence-corrected chi connectivity index (χ1v) is 13.5. The average Bonchev–Trinajstić information content (AvgIpc) is 3.05. The van der Waals surface area contributed by atoms with Crippen molar-refractivity contribution in [3.63, 3.8) is 0 Å². The SMILES string of the molecule is CC(O)(/C=C/[C@H]1[C@H](O)CC(=O)[C@@H]1SCCCSCC(=O)O)CCc1ccc2ccccc2c1.